The van der Waals surface area contributed by atoms with E-state index in [1.807, 2.05) is 19.9 Å². The summed E-state index contributed by atoms with van der Waals surface area (Å²) in [6, 6.07) is 6.17. The molecule has 4 atom stereocenters. The average Bonchev–Trinajstić information content (AvgIpc) is 2.40. The second-order valence-electron chi connectivity index (χ2n) is 8.24. The zero-order valence-corrected chi connectivity index (χ0v) is 13.5. The van der Waals surface area contributed by atoms with E-state index < -0.39 is 5.60 Å². The van der Waals surface area contributed by atoms with E-state index in [0.717, 1.165) is 42.5 Å². The fraction of sp³-hybridized carbons (Fsp3) is 0.632. The van der Waals surface area contributed by atoms with Crippen LogP contribution in [-0.4, -0.2) is 16.6 Å². The van der Waals surface area contributed by atoms with Gasteiger partial charge in [0.15, 0.2) is 0 Å². The summed E-state index contributed by atoms with van der Waals surface area (Å²) in [5, 5.41) is 14.0. The standard InChI is InChI=1S/C19H25NO2/c1-12-3-4-13(2)16(5-12)20-17(21)18-7-14-6-15(8-18)10-19(22,9-14)11-18/h3-5,14-15,22H,6-11H2,1-2H3,(H,20,21)/t14-,15+,18?,19?. The molecule has 118 valence electrons. The van der Waals surface area contributed by atoms with Gasteiger partial charge in [-0.3, -0.25) is 4.79 Å². The van der Waals surface area contributed by atoms with Crippen molar-refractivity contribution < 1.29 is 9.90 Å². The van der Waals surface area contributed by atoms with Crippen molar-refractivity contribution in [1.82, 2.24) is 0 Å². The molecule has 4 aliphatic rings. The van der Waals surface area contributed by atoms with Crippen LogP contribution in [0.4, 0.5) is 5.69 Å². The molecule has 4 aliphatic carbocycles. The van der Waals surface area contributed by atoms with Crippen LogP contribution in [-0.2, 0) is 4.79 Å². The summed E-state index contributed by atoms with van der Waals surface area (Å²) in [4.78, 5) is 13.0. The van der Waals surface area contributed by atoms with Crippen molar-refractivity contribution in [3.63, 3.8) is 0 Å². The Morgan fingerprint density at radius 3 is 2.50 bits per heavy atom. The van der Waals surface area contributed by atoms with Gasteiger partial charge in [-0.25, -0.2) is 0 Å². The average molecular weight is 299 g/mol. The summed E-state index contributed by atoms with van der Waals surface area (Å²) in [6.07, 6.45) is 5.60. The Balaban J connectivity index is 1.61. The zero-order chi connectivity index (χ0) is 15.5. The third-order valence-electron chi connectivity index (χ3n) is 6.15. The molecular weight excluding hydrogens is 274 g/mol. The first-order valence-corrected chi connectivity index (χ1v) is 8.49. The molecule has 4 fully saturated rings. The number of nitrogens with one attached hydrogen (secondary N) is 1. The lowest BCUT2D eigenvalue weighted by molar-refractivity contribution is -0.174. The molecule has 0 spiro atoms. The molecule has 3 heteroatoms. The zero-order valence-electron chi connectivity index (χ0n) is 13.5. The predicted molar refractivity (Wildman–Crippen MR) is 86.6 cm³/mol. The first-order valence-electron chi connectivity index (χ1n) is 8.49. The van der Waals surface area contributed by atoms with Gasteiger partial charge in [0.2, 0.25) is 5.91 Å². The number of aliphatic hydroxyl groups is 1. The van der Waals surface area contributed by atoms with E-state index in [1.54, 1.807) is 0 Å². The van der Waals surface area contributed by atoms with E-state index in [9.17, 15) is 9.90 Å². The highest BCUT2D eigenvalue weighted by Crippen LogP contribution is 2.61. The number of aryl methyl sites for hydroxylation is 2. The molecule has 0 aromatic heterocycles. The quantitative estimate of drug-likeness (QED) is 0.877. The Morgan fingerprint density at radius 2 is 1.86 bits per heavy atom. The molecule has 3 nitrogen and oxygen atoms in total. The van der Waals surface area contributed by atoms with Crippen molar-refractivity contribution in [3.05, 3.63) is 29.3 Å². The summed E-state index contributed by atoms with van der Waals surface area (Å²) in [5.41, 5.74) is 2.26. The van der Waals surface area contributed by atoms with Gasteiger partial charge in [-0.1, -0.05) is 12.1 Å². The Morgan fingerprint density at radius 1 is 1.18 bits per heavy atom. The molecule has 1 aromatic rings. The Hall–Kier alpha value is -1.35. The molecule has 0 aliphatic heterocycles. The van der Waals surface area contributed by atoms with Crippen LogP contribution in [0.1, 0.15) is 49.7 Å². The third-order valence-corrected chi connectivity index (χ3v) is 6.15. The number of hydrogen-bond donors (Lipinski definition) is 2. The van der Waals surface area contributed by atoms with Crippen LogP contribution < -0.4 is 5.32 Å². The molecular formula is C19H25NO2. The number of amides is 1. The molecule has 2 N–H and O–H groups in total. The van der Waals surface area contributed by atoms with Gasteiger partial charge in [0.05, 0.1) is 11.0 Å². The lowest BCUT2D eigenvalue weighted by atomic mass is 9.47. The minimum Gasteiger partial charge on any atom is -0.390 e. The van der Waals surface area contributed by atoms with Crippen LogP contribution in [0, 0.1) is 31.1 Å². The van der Waals surface area contributed by atoms with Crippen molar-refractivity contribution in [2.75, 3.05) is 5.32 Å². The maximum absolute atomic E-state index is 13.0. The van der Waals surface area contributed by atoms with E-state index >= 15 is 0 Å². The van der Waals surface area contributed by atoms with Gasteiger partial charge in [0, 0.05) is 5.69 Å². The number of benzene rings is 1. The topological polar surface area (TPSA) is 49.3 Å². The number of carbonyl (C=O) groups excluding carboxylic acids is 1. The maximum atomic E-state index is 13.0. The smallest absolute Gasteiger partial charge is 0.230 e. The molecule has 4 bridgehead atoms. The van der Waals surface area contributed by atoms with Gasteiger partial charge in [-0.05, 0) is 81.4 Å². The van der Waals surface area contributed by atoms with Gasteiger partial charge in [-0.15, -0.1) is 0 Å². The maximum Gasteiger partial charge on any atom is 0.230 e. The Bertz CT molecular complexity index is 622. The normalized spacial score (nSPS) is 39.0. The summed E-state index contributed by atoms with van der Waals surface area (Å²) < 4.78 is 0. The molecule has 22 heavy (non-hydrogen) atoms. The Kier molecular flexibility index (Phi) is 2.96. The summed E-state index contributed by atoms with van der Waals surface area (Å²) in [5.74, 6) is 1.21. The van der Waals surface area contributed by atoms with Crippen molar-refractivity contribution in [3.8, 4) is 0 Å². The highest BCUT2D eigenvalue weighted by molar-refractivity contribution is 5.96. The van der Waals surface area contributed by atoms with Crippen molar-refractivity contribution in [2.24, 2.45) is 17.3 Å². The van der Waals surface area contributed by atoms with Crippen LogP contribution in [0.3, 0.4) is 0 Å². The monoisotopic (exact) mass is 299 g/mol. The van der Waals surface area contributed by atoms with Gasteiger partial charge in [0.25, 0.3) is 0 Å². The van der Waals surface area contributed by atoms with Crippen LogP contribution in [0.2, 0.25) is 0 Å². The van der Waals surface area contributed by atoms with Crippen molar-refractivity contribution in [2.45, 2.75) is 58.0 Å². The molecule has 1 aromatic carbocycles. The molecule has 2 unspecified atom stereocenters. The Labute approximate surface area is 132 Å². The van der Waals surface area contributed by atoms with E-state index in [1.165, 1.54) is 6.42 Å². The first-order chi connectivity index (χ1) is 10.4. The predicted octanol–water partition coefficient (Wildman–Crippen LogP) is 3.57. The van der Waals surface area contributed by atoms with E-state index in [0.29, 0.717) is 18.3 Å². The highest BCUT2D eigenvalue weighted by Gasteiger charge is 2.60. The van der Waals surface area contributed by atoms with Crippen molar-refractivity contribution >= 4 is 11.6 Å². The van der Waals surface area contributed by atoms with E-state index in [-0.39, 0.29) is 11.3 Å². The second kappa shape index (κ2) is 4.58. The fourth-order valence-electron chi connectivity index (χ4n) is 5.61. The van der Waals surface area contributed by atoms with Crippen LogP contribution in [0.5, 0.6) is 0 Å². The third kappa shape index (κ3) is 2.18. The number of carbonyl (C=O) groups is 1. The summed E-state index contributed by atoms with van der Waals surface area (Å²) >= 11 is 0. The van der Waals surface area contributed by atoms with Crippen molar-refractivity contribution in [1.29, 1.82) is 0 Å². The lowest BCUT2D eigenvalue weighted by Gasteiger charge is -2.59. The minimum absolute atomic E-state index is 0.133. The second-order valence-corrected chi connectivity index (χ2v) is 8.24. The van der Waals surface area contributed by atoms with Gasteiger partial charge in [-0.2, -0.15) is 0 Å². The number of anilines is 1. The minimum atomic E-state index is -0.580. The van der Waals surface area contributed by atoms with E-state index in [2.05, 4.69) is 17.4 Å². The van der Waals surface area contributed by atoms with Crippen LogP contribution in [0.15, 0.2) is 18.2 Å². The molecule has 5 rings (SSSR count). The first kappa shape index (κ1) is 14.3. The largest absolute Gasteiger partial charge is 0.390 e. The molecule has 4 saturated carbocycles. The fourth-order valence-corrected chi connectivity index (χ4v) is 5.61. The lowest BCUT2D eigenvalue weighted by Crippen LogP contribution is -2.59. The number of rotatable bonds is 2. The summed E-state index contributed by atoms with van der Waals surface area (Å²) in [7, 11) is 0. The molecule has 1 amide bonds. The van der Waals surface area contributed by atoms with Gasteiger partial charge >= 0.3 is 0 Å². The molecule has 0 heterocycles. The molecule has 0 saturated heterocycles. The molecule has 0 radical (unpaired) electrons. The summed E-state index contributed by atoms with van der Waals surface area (Å²) in [6.45, 7) is 4.07. The van der Waals surface area contributed by atoms with E-state index in [4.69, 9.17) is 0 Å². The van der Waals surface area contributed by atoms with Crippen LogP contribution >= 0.6 is 0 Å². The SMILES string of the molecule is Cc1ccc(C)c(NC(=O)C23C[C@@H]4C[C@@H](CC(O)(C4)C2)C3)c1. The van der Waals surface area contributed by atoms with Crippen LogP contribution in [0.25, 0.3) is 0 Å². The highest BCUT2D eigenvalue weighted by atomic mass is 16.3. The van der Waals surface area contributed by atoms with Gasteiger partial charge < -0.3 is 10.4 Å². The number of hydrogen-bond acceptors (Lipinski definition) is 2. The van der Waals surface area contributed by atoms with Gasteiger partial charge in [0.1, 0.15) is 0 Å².